The lowest BCUT2D eigenvalue weighted by atomic mass is 10.00. The SMILES string of the molecule is CC(C)(N)CCC(=O)Nc1cccnc1. The van der Waals surface area contributed by atoms with Gasteiger partial charge in [-0.05, 0) is 32.4 Å². The summed E-state index contributed by atoms with van der Waals surface area (Å²) in [6.45, 7) is 3.81. The van der Waals surface area contributed by atoms with Gasteiger partial charge in [0.25, 0.3) is 0 Å². The van der Waals surface area contributed by atoms with Crippen molar-refractivity contribution in [2.75, 3.05) is 5.32 Å². The molecule has 0 saturated heterocycles. The highest BCUT2D eigenvalue weighted by atomic mass is 16.1. The minimum absolute atomic E-state index is 0.0264. The molecule has 4 nitrogen and oxygen atoms in total. The third-order valence-electron chi connectivity index (χ3n) is 1.94. The maximum atomic E-state index is 11.5. The van der Waals surface area contributed by atoms with Crippen molar-refractivity contribution in [3.63, 3.8) is 0 Å². The summed E-state index contributed by atoms with van der Waals surface area (Å²) in [6.07, 6.45) is 4.38. The van der Waals surface area contributed by atoms with Gasteiger partial charge < -0.3 is 11.1 Å². The Morgan fingerprint density at radius 1 is 1.60 bits per heavy atom. The fourth-order valence-electron chi connectivity index (χ4n) is 1.10. The molecule has 0 saturated carbocycles. The molecule has 1 aromatic rings. The summed E-state index contributed by atoms with van der Waals surface area (Å²) >= 11 is 0. The standard InChI is InChI=1S/C11H17N3O/c1-11(2,12)6-5-10(15)14-9-4-3-7-13-8-9/h3-4,7-8H,5-6,12H2,1-2H3,(H,14,15). The molecule has 0 aromatic carbocycles. The molecule has 0 bridgehead atoms. The zero-order valence-corrected chi connectivity index (χ0v) is 9.16. The molecule has 0 atom stereocenters. The van der Waals surface area contributed by atoms with Crippen molar-refractivity contribution in [3.8, 4) is 0 Å². The Morgan fingerprint density at radius 3 is 2.87 bits per heavy atom. The molecule has 0 aliphatic carbocycles. The van der Waals surface area contributed by atoms with Gasteiger partial charge in [0.2, 0.25) is 5.91 Å². The lowest BCUT2D eigenvalue weighted by molar-refractivity contribution is -0.116. The van der Waals surface area contributed by atoms with E-state index >= 15 is 0 Å². The molecule has 1 amide bonds. The van der Waals surface area contributed by atoms with E-state index < -0.39 is 0 Å². The number of nitrogens with one attached hydrogen (secondary N) is 1. The van der Waals surface area contributed by atoms with E-state index in [-0.39, 0.29) is 11.4 Å². The number of pyridine rings is 1. The second-order valence-electron chi connectivity index (χ2n) is 4.28. The van der Waals surface area contributed by atoms with Gasteiger partial charge in [0.1, 0.15) is 0 Å². The van der Waals surface area contributed by atoms with Crippen molar-refractivity contribution in [1.82, 2.24) is 4.98 Å². The number of rotatable bonds is 4. The lowest BCUT2D eigenvalue weighted by Crippen LogP contribution is -2.33. The quantitative estimate of drug-likeness (QED) is 0.786. The summed E-state index contributed by atoms with van der Waals surface area (Å²) in [5.41, 5.74) is 6.21. The molecular weight excluding hydrogens is 190 g/mol. The first-order valence-corrected chi connectivity index (χ1v) is 4.96. The van der Waals surface area contributed by atoms with Crippen LogP contribution in [-0.2, 0) is 4.79 Å². The molecule has 3 N–H and O–H groups in total. The Hall–Kier alpha value is -1.42. The number of anilines is 1. The second kappa shape index (κ2) is 4.89. The van der Waals surface area contributed by atoms with Gasteiger partial charge in [-0.2, -0.15) is 0 Å². The van der Waals surface area contributed by atoms with E-state index in [1.165, 1.54) is 0 Å². The monoisotopic (exact) mass is 207 g/mol. The van der Waals surface area contributed by atoms with Gasteiger partial charge in [-0.3, -0.25) is 9.78 Å². The number of amides is 1. The minimum atomic E-state index is -0.299. The summed E-state index contributed by atoms with van der Waals surface area (Å²) in [5, 5.41) is 2.76. The molecule has 82 valence electrons. The number of nitrogens with two attached hydrogens (primary N) is 1. The molecule has 4 heteroatoms. The highest BCUT2D eigenvalue weighted by Gasteiger charge is 2.13. The Balaban J connectivity index is 2.38. The van der Waals surface area contributed by atoms with Crippen molar-refractivity contribution >= 4 is 11.6 Å². The molecule has 1 rings (SSSR count). The van der Waals surface area contributed by atoms with E-state index in [0.717, 1.165) is 5.69 Å². The third kappa shape index (κ3) is 5.12. The Kier molecular flexibility index (Phi) is 3.80. The van der Waals surface area contributed by atoms with Crippen molar-refractivity contribution in [1.29, 1.82) is 0 Å². The van der Waals surface area contributed by atoms with E-state index in [4.69, 9.17) is 5.73 Å². The third-order valence-corrected chi connectivity index (χ3v) is 1.94. The average Bonchev–Trinajstić information content (AvgIpc) is 2.15. The molecule has 1 aromatic heterocycles. The van der Waals surface area contributed by atoms with Crippen molar-refractivity contribution in [2.45, 2.75) is 32.2 Å². The van der Waals surface area contributed by atoms with Crippen LogP contribution in [0, 0.1) is 0 Å². The van der Waals surface area contributed by atoms with Crippen LogP contribution >= 0.6 is 0 Å². The van der Waals surface area contributed by atoms with Gasteiger partial charge in [0.15, 0.2) is 0 Å². The zero-order valence-electron chi connectivity index (χ0n) is 9.16. The topological polar surface area (TPSA) is 68.0 Å². The zero-order chi connectivity index (χ0) is 11.3. The number of nitrogens with zero attached hydrogens (tertiary/aromatic N) is 1. The summed E-state index contributed by atoms with van der Waals surface area (Å²) in [4.78, 5) is 15.4. The molecule has 0 aliphatic heterocycles. The molecule has 0 aliphatic rings. The normalized spacial score (nSPS) is 11.1. The second-order valence-corrected chi connectivity index (χ2v) is 4.28. The highest BCUT2D eigenvalue weighted by molar-refractivity contribution is 5.90. The van der Waals surface area contributed by atoms with Gasteiger partial charge in [-0.15, -0.1) is 0 Å². The van der Waals surface area contributed by atoms with E-state index in [2.05, 4.69) is 10.3 Å². The Bertz CT molecular complexity index is 316. The van der Waals surface area contributed by atoms with Crippen LogP contribution in [-0.4, -0.2) is 16.4 Å². The first-order chi connectivity index (χ1) is 6.97. The summed E-state index contributed by atoms with van der Waals surface area (Å²) in [6, 6.07) is 3.58. The number of hydrogen-bond donors (Lipinski definition) is 2. The van der Waals surface area contributed by atoms with Gasteiger partial charge in [-0.1, -0.05) is 0 Å². The molecule has 0 fully saturated rings. The molecule has 1 heterocycles. The van der Waals surface area contributed by atoms with E-state index in [0.29, 0.717) is 12.8 Å². The van der Waals surface area contributed by atoms with Crippen molar-refractivity contribution < 1.29 is 4.79 Å². The van der Waals surface area contributed by atoms with Crippen LogP contribution in [0.25, 0.3) is 0 Å². The number of carbonyl (C=O) groups is 1. The van der Waals surface area contributed by atoms with Crippen LogP contribution in [0.4, 0.5) is 5.69 Å². The van der Waals surface area contributed by atoms with E-state index in [9.17, 15) is 4.79 Å². The maximum absolute atomic E-state index is 11.5. The average molecular weight is 207 g/mol. The number of hydrogen-bond acceptors (Lipinski definition) is 3. The van der Waals surface area contributed by atoms with Gasteiger partial charge in [-0.25, -0.2) is 0 Å². The molecular formula is C11H17N3O. The van der Waals surface area contributed by atoms with Gasteiger partial charge in [0.05, 0.1) is 11.9 Å². The highest BCUT2D eigenvalue weighted by Crippen LogP contribution is 2.09. The van der Waals surface area contributed by atoms with E-state index in [1.54, 1.807) is 24.5 Å². The molecule has 0 spiro atoms. The number of carbonyl (C=O) groups excluding carboxylic acids is 1. The Morgan fingerprint density at radius 2 is 2.33 bits per heavy atom. The summed E-state index contributed by atoms with van der Waals surface area (Å²) in [5.74, 6) is -0.0264. The van der Waals surface area contributed by atoms with Crippen LogP contribution in [0.1, 0.15) is 26.7 Å². The Labute approximate surface area is 89.9 Å². The largest absolute Gasteiger partial charge is 0.326 e. The summed E-state index contributed by atoms with van der Waals surface area (Å²) < 4.78 is 0. The van der Waals surface area contributed by atoms with Crippen LogP contribution in [0.2, 0.25) is 0 Å². The number of aromatic nitrogens is 1. The van der Waals surface area contributed by atoms with Crippen LogP contribution in [0.15, 0.2) is 24.5 Å². The smallest absolute Gasteiger partial charge is 0.224 e. The molecule has 15 heavy (non-hydrogen) atoms. The molecule has 0 radical (unpaired) electrons. The molecule has 0 unspecified atom stereocenters. The maximum Gasteiger partial charge on any atom is 0.224 e. The first-order valence-electron chi connectivity index (χ1n) is 4.96. The van der Waals surface area contributed by atoms with Crippen LogP contribution in [0.3, 0.4) is 0 Å². The lowest BCUT2D eigenvalue weighted by Gasteiger charge is -2.17. The van der Waals surface area contributed by atoms with Crippen LogP contribution < -0.4 is 11.1 Å². The van der Waals surface area contributed by atoms with Crippen LogP contribution in [0.5, 0.6) is 0 Å². The summed E-state index contributed by atoms with van der Waals surface area (Å²) in [7, 11) is 0. The van der Waals surface area contributed by atoms with Gasteiger partial charge in [0, 0.05) is 18.2 Å². The van der Waals surface area contributed by atoms with Crippen molar-refractivity contribution in [3.05, 3.63) is 24.5 Å². The van der Waals surface area contributed by atoms with Gasteiger partial charge >= 0.3 is 0 Å². The fourth-order valence-corrected chi connectivity index (χ4v) is 1.10. The van der Waals surface area contributed by atoms with Crippen molar-refractivity contribution in [2.24, 2.45) is 5.73 Å². The fraction of sp³-hybridized carbons (Fsp3) is 0.455. The van der Waals surface area contributed by atoms with E-state index in [1.807, 2.05) is 13.8 Å². The predicted octanol–water partition coefficient (Wildman–Crippen LogP) is 1.54. The predicted molar refractivity (Wildman–Crippen MR) is 60.4 cm³/mol. The first kappa shape index (κ1) is 11.7. The minimum Gasteiger partial charge on any atom is -0.326 e.